The van der Waals surface area contributed by atoms with Crippen LogP contribution in [0.25, 0.3) is 0 Å². The highest BCUT2D eigenvalue weighted by atomic mass is 35.5. The minimum atomic E-state index is -0.310. The first-order chi connectivity index (χ1) is 12.1. The van der Waals surface area contributed by atoms with Crippen LogP contribution >= 0.6 is 23.4 Å². The van der Waals surface area contributed by atoms with Crippen molar-refractivity contribution in [1.82, 2.24) is 4.98 Å². The summed E-state index contributed by atoms with van der Waals surface area (Å²) in [7, 11) is 0. The van der Waals surface area contributed by atoms with E-state index < -0.39 is 0 Å². The Balaban J connectivity index is 1.77. The molecule has 0 radical (unpaired) electrons. The number of nitrogens with one attached hydrogen (secondary N) is 1. The van der Waals surface area contributed by atoms with Gasteiger partial charge in [0.05, 0.1) is 10.8 Å². The van der Waals surface area contributed by atoms with Gasteiger partial charge in [0.15, 0.2) is 0 Å². The summed E-state index contributed by atoms with van der Waals surface area (Å²) in [6.07, 6.45) is 3.65. The lowest BCUT2D eigenvalue weighted by Gasteiger charge is -2.15. The molecule has 6 heteroatoms. The van der Waals surface area contributed by atoms with Gasteiger partial charge in [-0.3, -0.25) is 4.79 Å². The Bertz CT molecular complexity index is 830. The summed E-state index contributed by atoms with van der Waals surface area (Å²) >= 11 is 7.23. The lowest BCUT2D eigenvalue weighted by molar-refractivity contribution is -0.115. The SMILES string of the molecule is CCC(Sc1nc2c(cc1C#N)CCC2)C(=O)Nc1ccc(Cl)cc1. The van der Waals surface area contributed by atoms with Crippen LogP contribution in [0.1, 0.15) is 36.6 Å². The van der Waals surface area contributed by atoms with Crippen LogP contribution < -0.4 is 5.32 Å². The molecule has 0 fully saturated rings. The van der Waals surface area contributed by atoms with E-state index in [9.17, 15) is 10.1 Å². The first-order valence-corrected chi connectivity index (χ1v) is 9.52. The summed E-state index contributed by atoms with van der Waals surface area (Å²) < 4.78 is 0. The van der Waals surface area contributed by atoms with Crippen LogP contribution in [0.15, 0.2) is 35.4 Å². The molecule has 1 aromatic heterocycles. The van der Waals surface area contributed by atoms with Crippen LogP contribution in [-0.2, 0) is 17.6 Å². The predicted octanol–water partition coefficient (Wildman–Crippen LogP) is 4.60. The van der Waals surface area contributed by atoms with E-state index >= 15 is 0 Å². The van der Waals surface area contributed by atoms with E-state index in [2.05, 4.69) is 16.4 Å². The molecule has 1 N–H and O–H groups in total. The number of anilines is 1. The van der Waals surface area contributed by atoms with Crippen LogP contribution in [0, 0.1) is 11.3 Å². The maximum Gasteiger partial charge on any atom is 0.237 e. The summed E-state index contributed by atoms with van der Waals surface area (Å²) in [6.45, 7) is 1.96. The van der Waals surface area contributed by atoms with Gasteiger partial charge in [0.1, 0.15) is 11.1 Å². The molecular formula is C19H18ClN3OS. The van der Waals surface area contributed by atoms with E-state index in [0.29, 0.717) is 27.7 Å². The molecule has 2 aromatic rings. The first kappa shape index (κ1) is 17.8. The first-order valence-electron chi connectivity index (χ1n) is 8.26. The molecule has 128 valence electrons. The number of amides is 1. The molecule has 3 rings (SSSR count). The second kappa shape index (κ2) is 7.90. The van der Waals surface area contributed by atoms with Gasteiger partial charge in [-0.05, 0) is 61.6 Å². The number of carbonyl (C=O) groups is 1. The fourth-order valence-electron chi connectivity index (χ4n) is 2.84. The molecule has 1 aliphatic carbocycles. The van der Waals surface area contributed by atoms with Crippen molar-refractivity contribution in [1.29, 1.82) is 5.26 Å². The van der Waals surface area contributed by atoms with Gasteiger partial charge in [0.25, 0.3) is 0 Å². The predicted molar refractivity (Wildman–Crippen MR) is 101 cm³/mol. The van der Waals surface area contributed by atoms with Gasteiger partial charge in [-0.1, -0.05) is 30.3 Å². The summed E-state index contributed by atoms with van der Waals surface area (Å²) in [4.78, 5) is 17.2. The van der Waals surface area contributed by atoms with E-state index in [0.717, 1.165) is 25.0 Å². The van der Waals surface area contributed by atoms with Crippen molar-refractivity contribution in [2.45, 2.75) is 42.9 Å². The van der Waals surface area contributed by atoms with Crippen molar-refractivity contribution in [3.63, 3.8) is 0 Å². The minimum absolute atomic E-state index is 0.0963. The van der Waals surface area contributed by atoms with Crippen LogP contribution in [-0.4, -0.2) is 16.1 Å². The molecule has 0 saturated carbocycles. The number of aryl methyl sites for hydroxylation is 2. The molecule has 4 nitrogen and oxygen atoms in total. The Hall–Kier alpha value is -2.03. The second-order valence-electron chi connectivity index (χ2n) is 5.92. The zero-order valence-corrected chi connectivity index (χ0v) is 15.5. The Morgan fingerprint density at radius 1 is 1.40 bits per heavy atom. The van der Waals surface area contributed by atoms with Gasteiger partial charge in [-0.2, -0.15) is 5.26 Å². The fourth-order valence-corrected chi connectivity index (χ4v) is 3.96. The highest BCUT2D eigenvalue weighted by Crippen LogP contribution is 2.31. The number of thioether (sulfide) groups is 1. The number of fused-ring (bicyclic) bond motifs is 1. The number of hydrogen-bond donors (Lipinski definition) is 1. The summed E-state index contributed by atoms with van der Waals surface area (Å²) in [5.41, 5.74) is 3.49. The molecule has 1 aromatic carbocycles. The van der Waals surface area contributed by atoms with Crippen LogP contribution in [0.5, 0.6) is 0 Å². The van der Waals surface area contributed by atoms with E-state index in [-0.39, 0.29) is 11.2 Å². The third kappa shape index (κ3) is 4.15. The van der Waals surface area contributed by atoms with E-state index in [1.807, 2.05) is 13.0 Å². The topological polar surface area (TPSA) is 65.8 Å². The number of aromatic nitrogens is 1. The quantitative estimate of drug-likeness (QED) is 0.779. The monoisotopic (exact) mass is 371 g/mol. The normalized spacial score (nSPS) is 13.8. The highest BCUT2D eigenvalue weighted by Gasteiger charge is 2.23. The van der Waals surface area contributed by atoms with Gasteiger partial charge >= 0.3 is 0 Å². The Morgan fingerprint density at radius 2 is 2.16 bits per heavy atom. The van der Waals surface area contributed by atoms with E-state index in [4.69, 9.17) is 11.6 Å². The van der Waals surface area contributed by atoms with Gasteiger partial charge in [-0.15, -0.1) is 0 Å². The third-order valence-electron chi connectivity index (χ3n) is 4.17. The van der Waals surface area contributed by atoms with Crippen molar-refractivity contribution < 1.29 is 4.79 Å². The van der Waals surface area contributed by atoms with Crippen molar-refractivity contribution in [2.24, 2.45) is 0 Å². The number of nitrogens with zero attached hydrogens (tertiary/aromatic N) is 2. The number of rotatable bonds is 5. The number of nitriles is 1. The number of benzene rings is 1. The average molecular weight is 372 g/mol. The molecule has 0 saturated heterocycles. The van der Waals surface area contributed by atoms with Gasteiger partial charge in [0.2, 0.25) is 5.91 Å². The number of pyridine rings is 1. The zero-order chi connectivity index (χ0) is 17.8. The van der Waals surface area contributed by atoms with Crippen LogP contribution in [0.3, 0.4) is 0 Å². The van der Waals surface area contributed by atoms with Gasteiger partial charge < -0.3 is 5.32 Å². The van der Waals surface area contributed by atoms with E-state index in [1.54, 1.807) is 24.3 Å². The molecule has 1 unspecified atom stereocenters. The maximum absolute atomic E-state index is 12.6. The Labute approximate surface area is 156 Å². The van der Waals surface area contributed by atoms with Crippen molar-refractivity contribution in [3.8, 4) is 6.07 Å². The third-order valence-corrected chi connectivity index (χ3v) is 5.78. The van der Waals surface area contributed by atoms with Gasteiger partial charge in [-0.25, -0.2) is 4.98 Å². The lowest BCUT2D eigenvalue weighted by atomic mass is 10.2. The molecule has 0 aliphatic heterocycles. The number of carbonyl (C=O) groups excluding carboxylic acids is 1. The molecule has 0 spiro atoms. The molecule has 25 heavy (non-hydrogen) atoms. The Kier molecular flexibility index (Phi) is 5.62. The summed E-state index contributed by atoms with van der Waals surface area (Å²) in [6, 6.07) is 11.2. The molecule has 1 amide bonds. The van der Waals surface area contributed by atoms with Crippen molar-refractivity contribution in [3.05, 3.63) is 52.2 Å². The highest BCUT2D eigenvalue weighted by molar-refractivity contribution is 8.00. The second-order valence-corrected chi connectivity index (χ2v) is 7.55. The Morgan fingerprint density at radius 3 is 2.84 bits per heavy atom. The van der Waals surface area contributed by atoms with Gasteiger partial charge in [0, 0.05) is 16.4 Å². The van der Waals surface area contributed by atoms with Crippen LogP contribution in [0.4, 0.5) is 5.69 Å². The fraction of sp³-hybridized carbons (Fsp3) is 0.316. The molecular weight excluding hydrogens is 354 g/mol. The summed E-state index contributed by atoms with van der Waals surface area (Å²) in [5.74, 6) is -0.0963. The molecule has 1 aliphatic rings. The van der Waals surface area contributed by atoms with Crippen molar-refractivity contribution in [2.75, 3.05) is 5.32 Å². The number of halogens is 1. The lowest BCUT2D eigenvalue weighted by Crippen LogP contribution is -2.24. The maximum atomic E-state index is 12.6. The smallest absolute Gasteiger partial charge is 0.237 e. The molecule has 0 bridgehead atoms. The zero-order valence-electron chi connectivity index (χ0n) is 13.9. The number of hydrogen-bond acceptors (Lipinski definition) is 4. The average Bonchev–Trinajstić information content (AvgIpc) is 3.07. The molecule has 1 atom stereocenters. The minimum Gasteiger partial charge on any atom is -0.325 e. The molecule has 1 heterocycles. The van der Waals surface area contributed by atoms with Crippen molar-refractivity contribution >= 4 is 35.0 Å². The summed E-state index contributed by atoms with van der Waals surface area (Å²) in [5, 5.41) is 13.3. The largest absolute Gasteiger partial charge is 0.325 e. The standard InChI is InChI=1S/C19H18ClN3OS/c1-2-17(18(24)22-15-8-6-14(20)7-9-15)25-19-13(11-21)10-12-4-3-5-16(12)23-19/h6-10,17H,2-5H2,1H3,(H,22,24). The van der Waals surface area contributed by atoms with Crippen LogP contribution in [0.2, 0.25) is 5.02 Å². The van der Waals surface area contributed by atoms with E-state index in [1.165, 1.54) is 17.3 Å².